The van der Waals surface area contributed by atoms with Crippen molar-refractivity contribution in [2.24, 2.45) is 0 Å². The minimum atomic E-state index is -0.457. The normalized spacial score (nSPS) is 21.4. The van der Waals surface area contributed by atoms with Gasteiger partial charge in [0, 0.05) is 35.9 Å². The number of nitrogens with zero attached hydrogens (tertiary/aromatic N) is 2. The van der Waals surface area contributed by atoms with Gasteiger partial charge in [0.05, 0.1) is 22.4 Å². The Morgan fingerprint density at radius 3 is 1.14 bits per heavy atom. The van der Waals surface area contributed by atoms with Crippen molar-refractivity contribution >= 4 is 36.3 Å². The molecule has 4 aromatic rings. The highest BCUT2D eigenvalue weighted by atomic mass is 16.7. The topological polar surface area (TPSA) is 62.7 Å². The van der Waals surface area contributed by atoms with Crippen molar-refractivity contribution in [2.75, 3.05) is 0 Å². The molecule has 2 aliphatic heterocycles. The van der Waals surface area contributed by atoms with Crippen LogP contribution in [0, 0.1) is 0 Å². The Kier molecular flexibility index (Phi) is 5.73. The Balaban J connectivity index is 1.35. The van der Waals surface area contributed by atoms with Crippen molar-refractivity contribution in [3.8, 4) is 22.3 Å². The van der Waals surface area contributed by atoms with E-state index in [-0.39, 0.29) is 0 Å². The number of rotatable bonds is 2. The van der Waals surface area contributed by atoms with Gasteiger partial charge < -0.3 is 18.6 Å². The van der Waals surface area contributed by atoms with E-state index in [0.29, 0.717) is 0 Å². The van der Waals surface area contributed by atoms with E-state index in [4.69, 9.17) is 18.6 Å². The summed E-state index contributed by atoms with van der Waals surface area (Å²) in [5.41, 5.74) is 11.9. The standard InChI is InChI=1S/C36H36B2N2O4/c1-33(2)34(3,4)42-37(41-33)21-9-11-23-27(17-21)28-18-22(38-43-35(5,6)36(7,8)44-38)10-12-24(28)31(23)32-25-13-15-39-19-29(25)30-20-40-16-14-26(30)32/h9-20H,1-8H3. The van der Waals surface area contributed by atoms with E-state index in [1.54, 1.807) is 0 Å². The Bertz CT molecular complexity index is 1750. The van der Waals surface area contributed by atoms with Crippen LogP contribution in [0.15, 0.2) is 73.3 Å². The summed E-state index contributed by atoms with van der Waals surface area (Å²) in [6.07, 6.45) is 7.64. The largest absolute Gasteiger partial charge is 0.494 e. The zero-order chi connectivity index (χ0) is 30.8. The minimum Gasteiger partial charge on any atom is -0.399 e. The molecule has 220 valence electrons. The van der Waals surface area contributed by atoms with Gasteiger partial charge in [0.15, 0.2) is 0 Å². The van der Waals surface area contributed by atoms with E-state index in [2.05, 4.69) is 114 Å². The van der Waals surface area contributed by atoms with Gasteiger partial charge >= 0.3 is 14.2 Å². The Morgan fingerprint density at radius 1 is 0.432 bits per heavy atom. The molecule has 4 aliphatic rings. The van der Waals surface area contributed by atoms with E-state index in [0.717, 1.165) is 33.2 Å². The number of pyridine rings is 2. The second kappa shape index (κ2) is 9.01. The fourth-order valence-corrected chi connectivity index (χ4v) is 6.74. The fourth-order valence-electron chi connectivity index (χ4n) is 6.74. The lowest BCUT2D eigenvalue weighted by molar-refractivity contribution is 0.00578. The Hall–Kier alpha value is -3.55. The van der Waals surface area contributed by atoms with Crippen molar-refractivity contribution in [2.45, 2.75) is 77.8 Å². The molecule has 2 saturated heterocycles. The first kappa shape index (κ1) is 28.0. The first-order valence-electron chi connectivity index (χ1n) is 15.4. The van der Waals surface area contributed by atoms with Gasteiger partial charge in [0.25, 0.3) is 0 Å². The van der Waals surface area contributed by atoms with Crippen LogP contribution in [0.1, 0.15) is 77.6 Å². The van der Waals surface area contributed by atoms with Crippen LogP contribution in [-0.2, 0) is 18.6 Å². The second-order valence-corrected chi connectivity index (χ2v) is 14.4. The number of fused-ring (bicyclic) bond motifs is 6. The molecule has 8 heteroatoms. The Labute approximate surface area is 260 Å². The molecule has 0 radical (unpaired) electrons. The summed E-state index contributed by atoms with van der Waals surface area (Å²) in [6.45, 7) is 16.7. The monoisotopic (exact) mass is 582 g/mol. The van der Waals surface area contributed by atoms with E-state index in [9.17, 15) is 0 Å². The zero-order valence-electron chi connectivity index (χ0n) is 26.6. The molecule has 0 amide bonds. The minimum absolute atomic E-state index is 0.426. The summed E-state index contributed by atoms with van der Waals surface area (Å²) in [5.74, 6) is 0. The predicted molar refractivity (Wildman–Crippen MR) is 176 cm³/mol. The van der Waals surface area contributed by atoms with E-state index >= 15 is 0 Å². The van der Waals surface area contributed by atoms with E-state index < -0.39 is 36.6 Å². The average Bonchev–Trinajstić information content (AvgIpc) is 3.61. The molecule has 2 aliphatic carbocycles. The molecule has 0 bridgehead atoms. The highest BCUT2D eigenvalue weighted by Gasteiger charge is 2.53. The van der Waals surface area contributed by atoms with Gasteiger partial charge in [-0.2, -0.15) is 0 Å². The zero-order valence-corrected chi connectivity index (χ0v) is 26.6. The number of aromatic nitrogens is 2. The fraction of sp³-hybridized carbons (Fsp3) is 0.333. The molecule has 2 aromatic heterocycles. The van der Waals surface area contributed by atoms with Crippen LogP contribution in [0.5, 0.6) is 0 Å². The number of benzene rings is 2. The van der Waals surface area contributed by atoms with Crippen molar-refractivity contribution in [3.05, 3.63) is 95.6 Å². The molecule has 6 nitrogen and oxygen atoms in total. The molecule has 2 fully saturated rings. The Morgan fingerprint density at radius 2 is 0.773 bits per heavy atom. The summed E-state index contributed by atoms with van der Waals surface area (Å²) < 4.78 is 25.9. The molecular formula is C36H36B2N2O4. The van der Waals surface area contributed by atoms with Crippen LogP contribution in [0.2, 0.25) is 0 Å². The van der Waals surface area contributed by atoms with Crippen LogP contribution in [0.3, 0.4) is 0 Å². The smallest absolute Gasteiger partial charge is 0.399 e. The van der Waals surface area contributed by atoms with Crippen molar-refractivity contribution in [1.29, 1.82) is 0 Å². The molecule has 0 atom stereocenters. The van der Waals surface area contributed by atoms with Crippen molar-refractivity contribution in [1.82, 2.24) is 9.97 Å². The number of hydrogen-bond donors (Lipinski definition) is 0. The molecule has 0 saturated carbocycles. The second-order valence-electron chi connectivity index (χ2n) is 14.4. The molecule has 8 rings (SSSR count). The summed E-state index contributed by atoms with van der Waals surface area (Å²) >= 11 is 0. The van der Waals surface area contributed by atoms with Crippen LogP contribution < -0.4 is 10.9 Å². The van der Waals surface area contributed by atoms with Gasteiger partial charge in [-0.25, -0.2) is 0 Å². The van der Waals surface area contributed by atoms with Gasteiger partial charge in [0.2, 0.25) is 0 Å². The van der Waals surface area contributed by atoms with Crippen molar-refractivity contribution < 1.29 is 18.6 Å². The van der Waals surface area contributed by atoms with Crippen LogP contribution >= 0.6 is 0 Å². The summed E-state index contributed by atoms with van der Waals surface area (Å²) in [4.78, 5) is 8.91. The molecular weight excluding hydrogens is 546 g/mol. The lowest BCUT2D eigenvalue weighted by atomic mass is 9.76. The molecule has 0 spiro atoms. The van der Waals surface area contributed by atoms with Crippen LogP contribution in [0.25, 0.3) is 33.4 Å². The maximum Gasteiger partial charge on any atom is 0.494 e. The predicted octanol–water partition coefficient (Wildman–Crippen LogP) is 6.04. The maximum absolute atomic E-state index is 6.48. The van der Waals surface area contributed by atoms with Crippen LogP contribution in [-0.4, -0.2) is 46.6 Å². The van der Waals surface area contributed by atoms with Gasteiger partial charge in [-0.1, -0.05) is 36.4 Å². The summed E-state index contributed by atoms with van der Waals surface area (Å²) in [6, 6.07) is 17.5. The molecule has 0 unspecified atom stereocenters. The van der Waals surface area contributed by atoms with Gasteiger partial charge in [0.1, 0.15) is 0 Å². The van der Waals surface area contributed by atoms with Crippen LogP contribution in [0.4, 0.5) is 0 Å². The first-order chi connectivity index (χ1) is 20.8. The van der Waals surface area contributed by atoms with Crippen molar-refractivity contribution in [3.63, 3.8) is 0 Å². The molecule has 4 heterocycles. The third-order valence-corrected chi connectivity index (χ3v) is 10.7. The molecule has 44 heavy (non-hydrogen) atoms. The average molecular weight is 582 g/mol. The highest BCUT2D eigenvalue weighted by molar-refractivity contribution is 6.63. The first-order valence-corrected chi connectivity index (χ1v) is 15.4. The van der Waals surface area contributed by atoms with E-state index in [1.165, 1.54) is 33.4 Å². The summed E-state index contributed by atoms with van der Waals surface area (Å²) in [7, 11) is -0.913. The third-order valence-electron chi connectivity index (χ3n) is 10.7. The SMILES string of the molecule is CC1(C)OB(c2ccc3c(c2)-c2cc(B4OC(C)(C)C(C)(C)O4)ccc2C3=C2c3ccncc3-c3cnccc32)OC1(C)C. The quantitative estimate of drug-likeness (QED) is 0.232. The van der Waals surface area contributed by atoms with Gasteiger partial charge in [-0.15, -0.1) is 0 Å². The highest BCUT2D eigenvalue weighted by Crippen LogP contribution is 2.53. The lowest BCUT2D eigenvalue weighted by Crippen LogP contribution is -2.41. The van der Waals surface area contributed by atoms with Gasteiger partial charge in [-0.3, -0.25) is 9.97 Å². The van der Waals surface area contributed by atoms with Gasteiger partial charge in [-0.05, 0) is 123 Å². The summed E-state index contributed by atoms with van der Waals surface area (Å²) in [5, 5.41) is 0. The number of hydrogen-bond acceptors (Lipinski definition) is 6. The lowest BCUT2D eigenvalue weighted by Gasteiger charge is -2.32. The van der Waals surface area contributed by atoms with E-state index in [1.807, 2.05) is 24.8 Å². The third kappa shape index (κ3) is 3.84. The molecule has 0 N–H and O–H groups in total. The molecule has 2 aromatic carbocycles. The maximum atomic E-state index is 6.48.